The van der Waals surface area contributed by atoms with Crippen LogP contribution in [0.2, 0.25) is 0 Å². The molecule has 1 saturated carbocycles. The Kier molecular flexibility index (Phi) is 2.31. The van der Waals surface area contributed by atoms with Crippen molar-refractivity contribution in [3.8, 4) is 0 Å². The third-order valence-corrected chi connectivity index (χ3v) is 3.38. The van der Waals surface area contributed by atoms with Gasteiger partial charge in [0.25, 0.3) is 0 Å². The molecule has 4 heteroatoms. The van der Waals surface area contributed by atoms with E-state index >= 15 is 0 Å². The highest BCUT2D eigenvalue weighted by Gasteiger charge is 2.45. The monoisotopic (exact) mass is 254 g/mol. The van der Waals surface area contributed by atoms with Crippen molar-refractivity contribution < 1.29 is 4.79 Å². The molecule has 1 aliphatic rings. The van der Waals surface area contributed by atoms with Crippen LogP contribution in [0.1, 0.15) is 25.0 Å². The largest absolute Gasteiger partial charge is 0.369 e. The van der Waals surface area contributed by atoms with Gasteiger partial charge in [0, 0.05) is 10.7 Å². The Labute approximate surface area is 90.8 Å². The minimum atomic E-state index is -0.496. The normalized spacial score (nSPS) is 18.6. The number of nitrogens with two attached hydrogens (primary N) is 1. The lowest BCUT2D eigenvalue weighted by molar-refractivity contribution is -0.126. The molecule has 0 radical (unpaired) electrons. The molecule has 1 heterocycles. The molecule has 0 saturated heterocycles. The van der Waals surface area contributed by atoms with Gasteiger partial charge in [0.2, 0.25) is 5.91 Å². The number of nitrogens with zero attached hydrogens (tertiary/aromatic N) is 1. The maximum atomic E-state index is 11.4. The van der Waals surface area contributed by atoms with Crippen LogP contribution < -0.4 is 5.73 Å². The summed E-state index contributed by atoms with van der Waals surface area (Å²) in [5, 5.41) is 0. The van der Waals surface area contributed by atoms with Gasteiger partial charge in [-0.05, 0) is 25.0 Å². The van der Waals surface area contributed by atoms with Crippen molar-refractivity contribution in [2.75, 3.05) is 0 Å². The van der Waals surface area contributed by atoms with Crippen LogP contribution in [0.5, 0.6) is 0 Å². The van der Waals surface area contributed by atoms with Gasteiger partial charge in [-0.3, -0.25) is 9.78 Å². The van der Waals surface area contributed by atoms with Crippen molar-refractivity contribution in [3.63, 3.8) is 0 Å². The lowest BCUT2D eigenvalue weighted by atomic mass is 9.66. The SMILES string of the molecule is NC(=O)C1(c2cc(Br)ccn2)CCC1. The van der Waals surface area contributed by atoms with Crippen LogP contribution in [-0.4, -0.2) is 10.9 Å². The third kappa shape index (κ3) is 1.34. The average Bonchev–Trinajstić information content (AvgIpc) is 2.00. The lowest BCUT2D eigenvalue weighted by Crippen LogP contribution is -2.47. The van der Waals surface area contributed by atoms with E-state index < -0.39 is 5.41 Å². The summed E-state index contributed by atoms with van der Waals surface area (Å²) in [5.74, 6) is -0.255. The topological polar surface area (TPSA) is 56.0 Å². The Morgan fingerprint density at radius 2 is 2.29 bits per heavy atom. The molecule has 1 amide bonds. The first-order valence-electron chi connectivity index (χ1n) is 4.57. The standard InChI is InChI=1S/C10H11BrN2O/c11-7-2-5-13-8(6-7)10(9(12)14)3-1-4-10/h2,5-6H,1,3-4H2,(H2,12,14). The first-order valence-corrected chi connectivity index (χ1v) is 5.36. The third-order valence-electron chi connectivity index (χ3n) is 2.89. The van der Waals surface area contributed by atoms with E-state index in [0.717, 1.165) is 29.4 Å². The lowest BCUT2D eigenvalue weighted by Gasteiger charge is -2.38. The van der Waals surface area contributed by atoms with E-state index in [1.54, 1.807) is 6.20 Å². The van der Waals surface area contributed by atoms with Gasteiger partial charge < -0.3 is 5.73 Å². The summed E-state index contributed by atoms with van der Waals surface area (Å²) in [7, 11) is 0. The number of carbonyl (C=O) groups excluding carboxylic acids is 1. The molecule has 0 unspecified atom stereocenters. The minimum absolute atomic E-state index is 0.255. The second kappa shape index (κ2) is 3.35. The number of primary amides is 1. The molecule has 14 heavy (non-hydrogen) atoms. The first kappa shape index (κ1) is 9.65. The Morgan fingerprint density at radius 3 is 2.71 bits per heavy atom. The Morgan fingerprint density at radius 1 is 1.57 bits per heavy atom. The molecule has 2 N–H and O–H groups in total. The van der Waals surface area contributed by atoms with Crippen molar-refractivity contribution in [3.05, 3.63) is 28.5 Å². The molecular formula is C10H11BrN2O. The first-order chi connectivity index (χ1) is 6.65. The highest BCUT2D eigenvalue weighted by molar-refractivity contribution is 9.10. The summed E-state index contributed by atoms with van der Waals surface area (Å²) < 4.78 is 0.940. The number of carbonyl (C=O) groups is 1. The molecule has 1 fully saturated rings. The summed E-state index contributed by atoms with van der Waals surface area (Å²) in [6.07, 6.45) is 4.40. The minimum Gasteiger partial charge on any atom is -0.369 e. The van der Waals surface area contributed by atoms with Crippen LogP contribution in [0.3, 0.4) is 0 Å². The van der Waals surface area contributed by atoms with Gasteiger partial charge in [0.05, 0.1) is 11.1 Å². The van der Waals surface area contributed by atoms with E-state index in [2.05, 4.69) is 20.9 Å². The number of aromatic nitrogens is 1. The van der Waals surface area contributed by atoms with Crippen LogP contribution in [0.25, 0.3) is 0 Å². The quantitative estimate of drug-likeness (QED) is 0.875. The predicted octanol–water partition coefficient (Wildman–Crippen LogP) is 1.75. The fourth-order valence-electron chi connectivity index (χ4n) is 1.83. The zero-order valence-corrected chi connectivity index (χ0v) is 9.25. The molecule has 74 valence electrons. The molecule has 0 aliphatic heterocycles. The average molecular weight is 255 g/mol. The number of rotatable bonds is 2. The van der Waals surface area contributed by atoms with Crippen molar-refractivity contribution >= 4 is 21.8 Å². The van der Waals surface area contributed by atoms with Crippen molar-refractivity contribution in [1.82, 2.24) is 4.98 Å². The van der Waals surface area contributed by atoms with E-state index in [1.165, 1.54) is 0 Å². The highest BCUT2D eigenvalue weighted by Crippen LogP contribution is 2.42. The van der Waals surface area contributed by atoms with Gasteiger partial charge in [-0.15, -0.1) is 0 Å². The summed E-state index contributed by atoms with van der Waals surface area (Å²) in [6, 6.07) is 3.72. The van der Waals surface area contributed by atoms with Crippen LogP contribution in [0.4, 0.5) is 0 Å². The second-order valence-electron chi connectivity index (χ2n) is 3.66. The van der Waals surface area contributed by atoms with Crippen LogP contribution in [-0.2, 0) is 10.2 Å². The van der Waals surface area contributed by atoms with Gasteiger partial charge in [-0.2, -0.15) is 0 Å². The molecule has 3 nitrogen and oxygen atoms in total. The van der Waals surface area contributed by atoms with E-state index in [1.807, 2.05) is 12.1 Å². The van der Waals surface area contributed by atoms with Gasteiger partial charge in [0.15, 0.2) is 0 Å². The fraction of sp³-hybridized carbons (Fsp3) is 0.400. The summed E-state index contributed by atoms with van der Waals surface area (Å²) >= 11 is 3.36. The Balaban J connectivity index is 2.42. The molecular weight excluding hydrogens is 244 g/mol. The van der Waals surface area contributed by atoms with Gasteiger partial charge in [0.1, 0.15) is 0 Å². The molecule has 0 spiro atoms. The van der Waals surface area contributed by atoms with Crippen LogP contribution in [0.15, 0.2) is 22.8 Å². The molecule has 0 aromatic carbocycles. The smallest absolute Gasteiger partial charge is 0.229 e. The maximum absolute atomic E-state index is 11.4. The van der Waals surface area contributed by atoms with Gasteiger partial charge in [-0.1, -0.05) is 22.4 Å². The van der Waals surface area contributed by atoms with E-state index in [4.69, 9.17) is 5.73 Å². The molecule has 1 aliphatic carbocycles. The van der Waals surface area contributed by atoms with Crippen molar-refractivity contribution in [2.45, 2.75) is 24.7 Å². The Bertz CT molecular complexity index is 374. The number of hydrogen-bond donors (Lipinski definition) is 1. The van der Waals surface area contributed by atoms with E-state index in [9.17, 15) is 4.79 Å². The molecule has 0 bridgehead atoms. The highest BCUT2D eigenvalue weighted by atomic mass is 79.9. The number of amides is 1. The van der Waals surface area contributed by atoms with Gasteiger partial charge in [-0.25, -0.2) is 0 Å². The second-order valence-corrected chi connectivity index (χ2v) is 4.57. The molecule has 0 atom stereocenters. The number of hydrogen-bond acceptors (Lipinski definition) is 2. The van der Waals surface area contributed by atoms with Crippen LogP contribution >= 0.6 is 15.9 Å². The predicted molar refractivity (Wildman–Crippen MR) is 56.7 cm³/mol. The summed E-state index contributed by atoms with van der Waals surface area (Å²) in [4.78, 5) is 15.6. The van der Waals surface area contributed by atoms with Gasteiger partial charge >= 0.3 is 0 Å². The zero-order chi connectivity index (χ0) is 10.2. The maximum Gasteiger partial charge on any atom is 0.229 e. The number of pyridine rings is 1. The zero-order valence-electron chi connectivity index (χ0n) is 7.66. The van der Waals surface area contributed by atoms with Crippen molar-refractivity contribution in [2.24, 2.45) is 5.73 Å². The van der Waals surface area contributed by atoms with Crippen LogP contribution in [0, 0.1) is 0 Å². The summed E-state index contributed by atoms with van der Waals surface area (Å²) in [6.45, 7) is 0. The van der Waals surface area contributed by atoms with Crippen molar-refractivity contribution in [1.29, 1.82) is 0 Å². The Hall–Kier alpha value is -0.900. The van der Waals surface area contributed by atoms with E-state index in [0.29, 0.717) is 0 Å². The fourth-order valence-corrected chi connectivity index (χ4v) is 2.16. The molecule has 2 rings (SSSR count). The molecule has 1 aromatic heterocycles. The number of halogens is 1. The van der Waals surface area contributed by atoms with E-state index in [-0.39, 0.29) is 5.91 Å². The molecule has 1 aromatic rings. The summed E-state index contributed by atoms with van der Waals surface area (Å²) in [5.41, 5.74) is 5.72.